The second-order valence-electron chi connectivity index (χ2n) is 8.09. The minimum absolute atomic E-state index is 0.0765. The number of carbonyl (C=O) groups is 2. The van der Waals surface area contributed by atoms with Gasteiger partial charge in [-0.3, -0.25) is 19.7 Å². The van der Waals surface area contributed by atoms with Crippen molar-refractivity contribution in [2.45, 2.75) is 32.1 Å². The summed E-state index contributed by atoms with van der Waals surface area (Å²) in [5.41, 5.74) is -0.692. The smallest absolute Gasteiger partial charge is 0.286 e. The van der Waals surface area contributed by atoms with E-state index in [1.165, 1.54) is 32.4 Å². The number of nitrogens with zero attached hydrogens (tertiary/aromatic N) is 1. The zero-order valence-corrected chi connectivity index (χ0v) is 19.6. The largest absolute Gasteiger partial charge is 0.493 e. The maximum absolute atomic E-state index is 14.3. The summed E-state index contributed by atoms with van der Waals surface area (Å²) in [6.07, 6.45) is 4.49. The Morgan fingerprint density at radius 1 is 1.06 bits per heavy atom. The molecule has 0 bridgehead atoms. The molecule has 10 nitrogen and oxygen atoms in total. The lowest BCUT2D eigenvalue weighted by Crippen LogP contribution is -2.25. The van der Waals surface area contributed by atoms with E-state index in [1.54, 1.807) is 0 Å². The summed E-state index contributed by atoms with van der Waals surface area (Å²) in [5.74, 6) is -1.71. The summed E-state index contributed by atoms with van der Waals surface area (Å²) in [6, 6.07) is 5.98. The second kappa shape index (κ2) is 12.1. The Morgan fingerprint density at radius 3 is 2.46 bits per heavy atom. The lowest BCUT2D eigenvalue weighted by Gasteiger charge is -2.21. The van der Waals surface area contributed by atoms with Gasteiger partial charge in [-0.1, -0.05) is 19.3 Å². The molecule has 1 aliphatic rings. The number of anilines is 2. The number of hydrogen-bond donors (Lipinski definition) is 2. The number of nitrogens with one attached hydrogen (secondary N) is 2. The lowest BCUT2D eigenvalue weighted by atomic mass is 9.88. The highest BCUT2D eigenvalue weighted by Crippen LogP contribution is 2.35. The minimum atomic E-state index is -0.811. The van der Waals surface area contributed by atoms with E-state index in [0.717, 1.165) is 44.2 Å². The molecule has 0 saturated heterocycles. The third-order valence-corrected chi connectivity index (χ3v) is 5.73. The molecule has 0 unspecified atom stereocenters. The molecule has 188 valence electrons. The van der Waals surface area contributed by atoms with Gasteiger partial charge in [0.25, 0.3) is 11.6 Å². The van der Waals surface area contributed by atoms with Crippen molar-refractivity contribution in [2.75, 3.05) is 38.1 Å². The van der Waals surface area contributed by atoms with Gasteiger partial charge in [0.15, 0.2) is 11.5 Å². The van der Waals surface area contributed by atoms with Crippen LogP contribution in [-0.2, 0) is 9.53 Å². The van der Waals surface area contributed by atoms with Crippen molar-refractivity contribution in [3.8, 4) is 11.5 Å². The topological polar surface area (TPSA) is 129 Å². The van der Waals surface area contributed by atoms with E-state index in [4.69, 9.17) is 14.2 Å². The van der Waals surface area contributed by atoms with Gasteiger partial charge in [0, 0.05) is 24.8 Å². The highest BCUT2D eigenvalue weighted by atomic mass is 19.1. The van der Waals surface area contributed by atoms with E-state index in [9.17, 15) is 24.1 Å². The zero-order chi connectivity index (χ0) is 25.4. The standard InChI is InChI=1S/C24H28FN3O7/c1-33-10-11-35-22-14-20(28(31)32)17(13-21(22)34-2)24(30)26-16-8-9-18(25)19(12-16)27-23(29)15-6-4-3-5-7-15/h8-9,12-15H,3-7,10-11H2,1-2H3,(H,26,30)(H,27,29). The van der Waals surface area contributed by atoms with Crippen molar-refractivity contribution in [1.29, 1.82) is 0 Å². The minimum Gasteiger partial charge on any atom is -0.493 e. The first kappa shape index (κ1) is 25.9. The third-order valence-electron chi connectivity index (χ3n) is 5.73. The first-order valence-corrected chi connectivity index (χ1v) is 11.2. The van der Waals surface area contributed by atoms with Crippen LogP contribution < -0.4 is 20.1 Å². The summed E-state index contributed by atoms with van der Waals surface area (Å²) in [7, 11) is 2.83. The summed E-state index contributed by atoms with van der Waals surface area (Å²) in [4.78, 5) is 36.4. The maximum Gasteiger partial charge on any atom is 0.286 e. The number of methoxy groups -OCH3 is 2. The van der Waals surface area contributed by atoms with Crippen LogP contribution >= 0.6 is 0 Å². The Morgan fingerprint density at radius 2 is 1.80 bits per heavy atom. The van der Waals surface area contributed by atoms with Gasteiger partial charge in [0.2, 0.25) is 5.91 Å². The predicted molar refractivity (Wildman–Crippen MR) is 127 cm³/mol. The summed E-state index contributed by atoms with van der Waals surface area (Å²) in [5, 5.41) is 16.8. The van der Waals surface area contributed by atoms with E-state index in [2.05, 4.69) is 10.6 Å². The maximum atomic E-state index is 14.3. The quantitative estimate of drug-likeness (QED) is 0.285. The van der Waals surface area contributed by atoms with Crippen molar-refractivity contribution in [1.82, 2.24) is 0 Å². The van der Waals surface area contributed by atoms with Crippen LogP contribution in [0.5, 0.6) is 11.5 Å². The number of benzene rings is 2. The fourth-order valence-electron chi connectivity index (χ4n) is 3.89. The second-order valence-corrected chi connectivity index (χ2v) is 8.09. The van der Waals surface area contributed by atoms with Gasteiger partial charge in [-0.2, -0.15) is 0 Å². The van der Waals surface area contributed by atoms with Crippen LogP contribution in [0.1, 0.15) is 42.5 Å². The van der Waals surface area contributed by atoms with Crippen LogP contribution in [0.2, 0.25) is 0 Å². The van der Waals surface area contributed by atoms with Crippen molar-refractivity contribution in [3.63, 3.8) is 0 Å². The monoisotopic (exact) mass is 489 g/mol. The van der Waals surface area contributed by atoms with Crippen LogP contribution in [0.4, 0.5) is 21.5 Å². The van der Waals surface area contributed by atoms with E-state index >= 15 is 0 Å². The van der Waals surface area contributed by atoms with E-state index in [-0.39, 0.29) is 53.5 Å². The van der Waals surface area contributed by atoms with Crippen LogP contribution in [0, 0.1) is 21.8 Å². The molecule has 35 heavy (non-hydrogen) atoms. The Labute approximate surface area is 201 Å². The third kappa shape index (κ3) is 6.66. The average Bonchev–Trinajstić information content (AvgIpc) is 2.86. The Hall–Kier alpha value is -3.73. The molecule has 1 aliphatic carbocycles. The van der Waals surface area contributed by atoms with Crippen LogP contribution in [0.25, 0.3) is 0 Å². The van der Waals surface area contributed by atoms with Crippen LogP contribution in [-0.4, -0.2) is 44.2 Å². The van der Waals surface area contributed by atoms with E-state index in [0.29, 0.717) is 0 Å². The molecule has 0 radical (unpaired) electrons. The Kier molecular flexibility index (Phi) is 8.96. The molecule has 2 aromatic carbocycles. The molecule has 0 aromatic heterocycles. The lowest BCUT2D eigenvalue weighted by molar-refractivity contribution is -0.385. The molecule has 3 rings (SSSR count). The molecule has 0 atom stereocenters. The number of hydrogen-bond acceptors (Lipinski definition) is 7. The highest BCUT2D eigenvalue weighted by molar-refractivity contribution is 6.08. The van der Waals surface area contributed by atoms with E-state index in [1.807, 2.05) is 0 Å². The average molecular weight is 490 g/mol. The number of carbonyl (C=O) groups excluding carboxylic acids is 2. The van der Waals surface area contributed by atoms with Gasteiger partial charge in [0.1, 0.15) is 18.0 Å². The van der Waals surface area contributed by atoms with Gasteiger partial charge in [-0.15, -0.1) is 0 Å². The van der Waals surface area contributed by atoms with Gasteiger partial charge in [-0.05, 0) is 31.0 Å². The molecular weight excluding hydrogens is 461 g/mol. The van der Waals surface area contributed by atoms with Crippen molar-refractivity contribution in [2.24, 2.45) is 5.92 Å². The summed E-state index contributed by atoms with van der Waals surface area (Å²) < 4.78 is 29.9. The van der Waals surface area contributed by atoms with Gasteiger partial charge < -0.3 is 24.8 Å². The fourth-order valence-corrected chi connectivity index (χ4v) is 3.89. The van der Waals surface area contributed by atoms with Gasteiger partial charge >= 0.3 is 0 Å². The highest BCUT2D eigenvalue weighted by Gasteiger charge is 2.26. The number of amides is 2. The van der Waals surface area contributed by atoms with E-state index < -0.39 is 22.3 Å². The number of ether oxygens (including phenoxy) is 3. The molecule has 2 amide bonds. The van der Waals surface area contributed by atoms with Gasteiger partial charge in [0.05, 0.1) is 30.4 Å². The Balaban J connectivity index is 1.81. The summed E-state index contributed by atoms with van der Waals surface area (Å²) in [6.45, 7) is 0.379. The van der Waals surface area contributed by atoms with Crippen molar-refractivity contribution in [3.05, 3.63) is 51.8 Å². The van der Waals surface area contributed by atoms with Crippen molar-refractivity contribution < 1.29 is 33.1 Å². The molecular formula is C24H28FN3O7. The first-order chi connectivity index (χ1) is 16.8. The number of nitro groups is 1. The molecule has 0 spiro atoms. The molecule has 0 heterocycles. The number of halogens is 1. The fraction of sp³-hybridized carbons (Fsp3) is 0.417. The van der Waals surface area contributed by atoms with Crippen LogP contribution in [0.3, 0.4) is 0 Å². The molecule has 2 aromatic rings. The first-order valence-electron chi connectivity index (χ1n) is 11.2. The molecule has 0 aliphatic heterocycles. The van der Waals surface area contributed by atoms with Gasteiger partial charge in [-0.25, -0.2) is 4.39 Å². The number of nitro benzene ring substituents is 1. The number of rotatable bonds is 10. The SMILES string of the molecule is COCCOc1cc([N+](=O)[O-])c(C(=O)Nc2ccc(F)c(NC(=O)C3CCCCC3)c2)cc1OC. The zero-order valence-electron chi connectivity index (χ0n) is 19.6. The van der Waals surface area contributed by atoms with Crippen LogP contribution in [0.15, 0.2) is 30.3 Å². The molecule has 1 fully saturated rings. The normalized spacial score (nSPS) is 13.7. The molecule has 11 heteroatoms. The predicted octanol–water partition coefficient (Wildman–Crippen LogP) is 4.54. The molecule has 2 N–H and O–H groups in total. The summed E-state index contributed by atoms with van der Waals surface area (Å²) >= 11 is 0. The Bertz CT molecular complexity index is 1090. The van der Waals surface area contributed by atoms with Crippen molar-refractivity contribution >= 4 is 28.9 Å². The molecule has 1 saturated carbocycles.